The average Bonchev–Trinajstić information content (AvgIpc) is 3.04. The van der Waals surface area contributed by atoms with Crippen LogP contribution in [0.5, 0.6) is 5.75 Å². The maximum atomic E-state index is 13.1. The van der Waals surface area contributed by atoms with Gasteiger partial charge in [-0.1, -0.05) is 24.3 Å². The van der Waals surface area contributed by atoms with Gasteiger partial charge in [-0.3, -0.25) is 0 Å². The number of ether oxygens (including phenoxy) is 1. The molecule has 3 aromatic rings. The summed E-state index contributed by atoms with van der Waals surface area (Å²) < 4.78 is 18.8. The molecule has 23 heavy (non-hydrogen) atoms. The summed E-state index contributed by atoms with van der Waals surface area (Å²) in [5.74, 6) is 0.408. The van der Waals surface area contributed by atoms with E-state index in [9.17, 15) is 4.39 Å². The van der Waals surface area contributed by atoms with Crippen molar-refractivity contribution in [2.75, 3.05) is 6.61 Å². The van der Waals surface area contributed by atoms with E-state index in [0.717, 1.165) is 11.1 Å². The minimum Gasteiger partial charge on any atom is -0.493 e. The quantitative estimate of drug-likeness (QED) is 0.786. The first-order valence-electron chi connectivity index (χ1n) is 7.05. The van der Waals surface area contributed by atoms with Gasteiger partial charge >= 0.3 is 0 Å². The Balaban J connectivity index is 1.68. The average molecular weight is 308 g/mol. The zero-order chi connectivity index (χ0) is 16.1. The number of aromatic amines is 1. The van der Waals surface area contributed by atoms with Crippen LogP contribution in [0.25, 0.3) is 11.3 Å². The summed E-state index contributed by atoms with van der Waals surface area (Å²) in [4.78, 5) is 0. The van der Waals surface area contributed by atoms with Gasteiger partial charge in [0.15, 0.2) is 5.69 Å². The Morgan fingerprint density at radius 3 is 2.83 bits per heavy atom. The van der Waals surface area contributed by atoms with Crippen molar-refractivity contribution in [2.24, 2.45) is 0 Å². The van der Waals surface area contributed by atoms with E-state index in [4.69, 9.17) is 10.00 Å². The van der Waals surface area contributed by atoms with Gasteiger partial charge in [-0.25, -0.2) is 4.39 Å². The van der Waals surface area contributed by atoms with Crippen LogP contribution in [0, 0.1) is 17.1 Å². The van der Waals surface area contributed by atoms with E-state index in [-0.39, 0.29) is 11.5 Å². The number of nitrogens with zero attached hydrogens (tertiary/aromatic N) is 3. The largest absolute Gasteiger partial charge is 0.493 e. The van der Waals surface area contributed by atoms with Gasteiger partial charge in [0.05, 0.1) is 6.61 Å². The van der Waals surface area contributed by atoms with E-state index >= 15 is 0 Å². The van der Waals surface area contributed by atoms with Crippen LogP contribution < -0.4 is 4.74 Å². The highest BCUT2D eigenvalue weighted by molar-refractivity contribution is 5.65. The Hall–Kier alpha value is -3.20. The van der Waals surface area contributed by atoms with Gasteiger partial charge in [0.25, 0.3) is 0 Å². The minimum atomic E-state index is -0.250. The highest BCUT2D eigenvalue weighted by Crippen LogP contribution is 2.23. The van der Waals surface area contributed by atoms with Crippen molar-refractivity contribution in [1.29, 1.82) is 5.26 Å². The molecule has 0 radical (unpaired) electrons. The van der Waals surface area contributed by atoms with Crippen molar-refractivity contribution in [2.45, 2.75) is 6.42 Å². The maximum absolute atomic E-state index is 13.1. The fourth-order valence-corrected chi connectivity index (χ4v) is 2.22. The first-order chi connectivity index (χ1) is 11.3. The third kappa shape index (κ3) is 3.52. The monoisotopic (exact) mass is 308 g/mol. The molecule has 2 aromatic carbocycles. The molecular formula is C17H13FN4O. The number of rotatable bonds is 5. The molecule has 1 N–H and O–H groups in total. The molecule has 0 fully saturated rings. The molecule has 1 aromatic heterocycles. The molecular weight excluding hydrogens is 295 g/mol. The van der Waals surface area contributed by atoms with Gasteiger partial charge in [0, 0.05) is 12.0 Å². The molecule has 0 spiro atoms. The van der Waals surface area contributed by atoms with E-state index in [1.807, 2.05) is 30.3 Å². The smallest absolute Gasteiger partial charge is 0.190 e. The Morgan fingerprint density at radius 1 is 1.13 bits per heavy atom. The number of hydrogen-bond acceptors (Lipinski definition) is 4. The second-order valence-electron chi connectivity index (χ2n) is 4.89. The third-order valence-electron chi connectivity index (χ3n) is 3.31. The van der Waals surface area contributed by atoms with E-state index in [0.29, 0.717) is 24.5 Å². The van der Waals surface area contributed by atoms with Gasteiger partial charge in [-0.15, -0.1) is 5.10 Å². The van der Waals surface area contributed by atoms with Crippen molar-refractivity contribution < 1.29 is 9.13 Å². The lowest BCUT2D eigenvalue weighted by Crippen LogP contribution is -2.01. The Bertz CT molecular complexity index is 854. The van der Waals surface area contributed by atoms with Gasteiger partial charge in [0.1, 0.15) is 23.3 Å². The first-order valence-corrected chi connectivity index (χ1v) is 7.05. The highest BCUT2D eigenvalue weighted by atomic mass is 19.1. The molecule has 6 heteroatoms. The van der Waals surface area contributed by atoms with E-state index < -0.39 is 0 Å². The minimum absolute atomic E-state index is 0.238. The highest BCUT2D eigenvalue weighted by Gasteiger charge is 2.10. The number of nitrogens with one attached hydrogen (secondary N) is 1. The number of aromatic nitrogens is 3. The number of H-pyrrole nitrogens is 1. The number of halogens is 1. The normalized spacial score (nSPS) is 10.3. The molecule has 0 aliphatic carbocycles. The number of hydrogen-bond donors (Lipinski definition) is 1. The van der Waals surface area contributed by atoms with Crippen LogP contribution in [0.2, 0.25) is 0 Å². The summed E-state index contributed by atoms with van der Waals surface area (Å²) >= 11 is 0. The topological polar surface area (TPSA) is 74.6 Å². The molecule has 3 rings (SSSR count). The van der Waals surface area contributed by atoms with Gasteiger partial charge in [-0.2, -0.15) is 15.6 Å². The van der Waals surface area contributed by atoms with Crippen LogP contribution in [0.3, 0.4) is 0 Å². The molecule has 0 aliphatic heterocycles. The van der Waals surface area contributed by atoms with Crippen molar-refractivity contribution in [1.82, 2.24) is 15.4 Å². The molecule has 0 unspecified atom stereocenters. The second kappa shape index (κ2) is 6.71. The summed E-state index contributed by atoms with van der Waals surface area (Å²) in [6, 6.07) is 15.7. The Labute approximate surface area is 132 Å². The predicted molar refractivity (Wildman–Crippen MR) is 82.1 cm³/mol. The first kappa shape index (κ1) is 14.7. The zero-order valence-corrected chi connectivity index (χ0v) is 12.2. The molecule has 0 atom stereocenters. The van der Waals surface area contributed by atoms with E-state index in [1.165, 1.54) is 12.1 Å². The third-order valence-corrected chi connectivity index (χ3v) is 3.31. The Kier molecular flexibility index (Phi) is 4.29. The molecule has 1 heterocycles. The predicted octanol–water partition coefficient (Wildman–Crippen LogP) is 3.10. The van der Waals surface area contributed by atoms with Gasteiger partial charge < -0.3 is 4.74 Å². The Morgan fingerprint density at radius 2 is 2.00 bits per heavy atom. The van der Waals surface area contributed by atoms with E-state index in [2.05, 4.69) is 15.4 Å². The van der Waals surface area contributed by atoms with Crippen molar-refractivity contribution in [3.63, 3.8) is 0 Å². The molecule has 0 aliphatic rings. The summed E-state index contributed by atoms with van der Waals surface area (Å²) in [5, 5.41) is 19.2. The summed E-state index contributed by atoms with van der Waals surface area (Å²) in [6.07, 6.45) is 0.607. The summed E-state index contributed by atoms with van der Waals surface area (Å²) in [7, 11) is 0. The molecule has 0 saturated carbocycles. The van der Waals surface area contributed by atoms with Crippen molar-refractivity contribution in [3.05, 3.63) is 65.6 Å². The summed E-state index contributed by atoms with van der Waals surface area (Å²) in [5.41, 5.74) is 2.35. The maximum Gasteiger partial charge on any atom is 0.190 e. The standard InChI is InChI=1S/C17H13FN4O/c18-14-5-1-3-12(9-14)7-8-23-15-6-2-4-13(10-15)17-16(11-19)20-22-21-17/h1-6,9-10H,7-8H2,(H,20,21,22). The molecule has 114 valence electrons. The second-order valence-corrected chi connectivity index (χ2v) is 4.89. The SMILES string of the molecule is N#Cc1n[nH]nc1-c1cccc(OCCc2cccc(F)c2)c1. The van der Waals surface area contributed by atoms with Crippen LogP contribution in [0.15, 0.2) is 48.5 Å². The van der Waals surface area contributed by atoms with Crippen LogP contribution in [-0.4, -0.2) is 22.0 Å². The van der Waals surface area contributed by atoms with E-state index in [1.54, 1.807) is 12.1 Å². The van der Waals surface area contributed by atoms with Crippen LogP contribution in [0.4, 0.5) is 4.39 Å². The number of nitriles is 1. The molecule has 0 amide bonds. The lowest BCUT2D eigenvalue weighted by atomic mass is 10.1. The van der Waals surface area contributed by atoms with Gasteiger partial charge in [0.2, 0.25) is 0 Å². The van der Waals surface area contributed by atoms with Crippen LogP contribution >= 0.6 is 0 Å². The van der Waals surface area contributed by atoms with Gasteiger partial charge in [-0.05, 0) is 29.8 Å². The fraction of sp³-hybridized carbons (Fsp3) is 0.118. The molecule has 0 saturated heterocycles. The van der Waals surface area contributed by atoms with Crippen molar-refractivity contribution in [3.8, 4) is 23.1 Å². The molecule has 5 nitrogen and oxygen atoms in total. The van der Waals surface area contributed by atoms with Crippen LogP contribution in [0.1, 0.15) is 11.3 Å². The van der Waals surface area contributed by atoms with Crippen molar-refractivity contribution >= 4 is 0 Å². The lowest BCUT2D eigenvalue weighted by Gasteiger charge is -2.07. The lowest BCUT2D eigenvalue weighted by molar-refractivity contribution is 0.322. The molecule has 0 bridgehead atoms. The number of benzene rings is 2. The zero-order valence-electron chi connectivity index (χ0n) is 12.2. The fourth-order valence-electron chi connectivity index (χ4n) is 2.22. The van der Waals surface area contributed by atoms with Crippen LogP contribution in [-0.2, 0) is 6.42 Å². The summed E-state index contributed by atoms with van der Waals surface area (Å²) in [6.45, 7) is 0.427.